The third kappa shape index (κ3) is 1.48. The fourth-order valence-electron chi connectivity index (χ4n) is 1.35. The number of halogens is 3. The average molecular weight is 231 g/mol. The van der Waals surface area contributed by atoms with Crippen molar-refractivity contribution in [2.24, 2.45) is 16.5 Å². The molecule has 8 heteroatoms. The van der Waals surface area contributed by atoms with Crippen LogP contribution < -0.4 is 22.3 Å². The van der Waals surface area contributed by atoms with Gasteiger partial charge in [0.05, 0.1) is 0 Å². The molecule has 6 N–H and O–H groups in total. The van der Waals surface area contributed by atoms with E-state index in [1.165, 1.54) is 0 Å². The second-order valence-electron chi connectivity index (χ2n) is 3.24. The molecule has 2 rings (SSSR count). The smallest absolute Gasteiger partial charge is 0.212 e. The SMILES string of the molecule is NC1=NC(N)(c2ccc(F)c(F)c2F)NN1. The van der Waals surface area contributed by atoms with Crippen LogP contribution in [0.15, 0.2) is 17.1 Å². The van der Waals surface area contributed by atoms with E-state index in [1.54, 1.807) is 0 Å². The average Bonchev–Trinajstić information content (AvgIpc) is 2.56. The van der Waals surface area contributed by atoms with Crippen LogP contribution in [0.25, 0.3) is 0 Å². The molecule has 0 saturated carbocycles. The van der Waals surface area contributed by atoms with Gasteiger partial charge in [0.2, 0.25) is 11.7 Å². The zero-order chi connectivity index (χ0) is 11.9. The van der Waals surface area contributed by atoms with E-state index in [2.05, 4.69) is 15.8 Å². The summed E-state index contributed by atoms with van der Waals surface area (Å²) in [5, 5.41) is 0. The molecule has 0 fully saturated rings. The maximum absolute atomic E-state index is 13.4. The van der Waals surface area contributed by atoms with E-state index in [1.807, 2.05) is 0 Å². The van der Waals surface area contributed by atoms with Crippen molar-refractivity contribution in [2.45, 2.75) is 5.79 Å². The molecular weight excluding hydrogens is 223 g/mol. The maximum atomic E-state index is 13.4. The van der Waals surface area contributed by atoms with E-state index in [9.17, 15) is 13.2 Å². The van der Waals surface area contributed by atoms with Gasteiger partial charge in [-0.05, 0) is 12.1 Å². The van der Waals surface area contributed by atoms with Crippen LogP contribution in [0.2, 0.25) is 0 Å². The zero-order valence-corrected chi connectivity index (χ0v) is 7.89. The molecule has 1 heterocycles. The van der Waals surface area contributed by atoms with Gasteiger partial charge >= 0.3 is 0 Å². The summed E-state index contributed by atoms with van der Waals surface area (Å²) in [6.45, 7) is 0. The Hall–Kier alpha value is -1.80. The molecule has 0 bridgehead atoms. The largest absolute Gasteiger partial charge is 0.369 e. The molecule has 1 aromatic carbocycles. The topological polar surface area (TPSA) is 88.5 Å². The molecule has 0 radical (unpaired) electrons. The predicted molar refractivity (Wildman–Crippen MR) is 50.1 cm³/mol. The van der Waals surface area contributed by atoms with Gasteiger partial charge in [0.15, 0.2) is 17.5 Å². The van der Waals surface area contributed by atoms with Crippen LogP contribution in [0.1, 0.15) is 5.56 Å². The van der Waals surface area contributed by atoms with Crippen molar-refractivity contribution in [2.75, 3.05) is 0 Å². The Morgan fingerprint density at radius 1 is 1.19 bits per heavy atom. The number of nitrogens with one attached hydrogen (secondary N) is 2. The fraction of sp³-hybridized carbons (Fsp3) is 0.125. The number of hydrogen-bond donors (Lipinski definition) is 4. The van der Waals surface area contributed by atoms with Gasteiger partial charge in [-0.3, -0.25) is 11.2 Å². The van der Waals surface area contributed by atoms with Crippen LogP contribution in [-0.2, 0) is 5.79 Å². The molecule has 1 aliphatic rings. The highest BCUT2D eigenvalue weighted by atomic mass is 19.2. The van der Waals surface area contributed by atoms with Crippen LogP contribution in [0.3, 0.4) is 0 Å². The highest BCUT2D eigenvalue weighted by molar-refractivity contribution is 5.79. The lowest BCUT2D eigenvalue weighted by molar-refractivity contribution is 0.344. The van der Waals surface area contributed by atoms with Gasteiger partial charge in [0.25, 0.3) is 0 Å². The van der Waals surface area contributed by atoms with Crippen LogP contribution in [-0.4, -0.2) is 5.96 Å². The summed E-state index contributed by atoms with van der Waals surface area (Å²) >= 11 is 0. The molecule has 5 nitrogen and oxygen atoms in total. The summed E-state index contributed by atoms with van der Waals surface area (Å²) in [6.07, 6.45) is 0. The molecule has 0 spiro atoms. The standard InChI is InChI=1S/C8H8F3N5/c9-4-2-1-3(5(10)6(4)11)8(13)14-7(12)15-16-8/h1-2,16H,13H2,(H3,12,14,15). The first-order chi connectivity index (χ1) is 7.44. The Labute approximate surface area is 88.3 Å². The first-order valence-corrected chi connectivity index (χ1v) is 4.25. The number of nitrogens with two attached hydrogens (primary N) is 2. The quantitative estimate of drug-likeness (QED) is 0.495. The monoisotopic (exact) mass is 231 g/mol. The van der Waals surface area contributed by atoms with E-state index in [4.69, 9.17) is 11.5 Å². The van der Waals surface area contributed by atoms with Crippen molar-refractivity contribution in [1.82, 2.24) is 10.9 Å². The first kappa shape index (κ1) is 10.7. The fourth-order valence-corrected chi connectivity index (χ4v) is 1.35. The number of benzene rings is 1. The molecule has 1 unspecified atom stereocenters. The zero-order valence-electron chi connectivity index (χ0n) is 7.89. The first-order valence-electron chi connectivity index (χ1n) is 4.25. The van der Waals surface area contributed by atoms with Gasteiger partial charge in [0, 0.05) is 5.56 Å². The van der Waals surface area contributed by atoms with Crippen LogP contribution >= 0.6 is 0 Å². The van der Waals surface area contributed by atoms with E-state index in [0.717, 1.165) is 12.1 Å². The predicted octanol–water partition coefficient (Wildman–Crippen LogP) is -0.405. The summed E-state index contributed by atoms with van der Waals surface area (Å²) in [7, 11) is 0. The number of rotatable bonds is 1. The normalized spacial score (nSPS) is 24.1. The number of aliphatic imine (C=N–C) groups is 1. The third-order valence-electron chi connectivity index (χ3n) is 2.12. The molecule has 1 atom stereocenters. The molecule has 1 aliphatic heterocycles. The highest BCUT2D eigenvalue weighted by Gasteiger charge is 2.35. The second-order valence-corrected chi connectivity index (χ2v) is 3.24. The molecule has 1 aromatic rings. The number of guanidine groups is 1. The van der Waals surface area contributed by atoms with Crippen molar-refractivity contribution >= 4 is 5.96 Å². The molecular formula is C8H8F3N5. The minimum atomic E-state index is -1.75. The Morgan fingerprint density at radius 2 is 1.88 bits per heavy atom. The van der Waals surface area contributed by atoms with E-state index < -0.39 is 23.2 Å². The summed E-state index contributed by atoms with van der Waals surface area (Å²) in [6, 6.07) is 1.75. The van der Waals surface area contributed by atoms with Crippen LogP contribution in [0.4, 0.5) is 13.2 Å². The molecule has 0 aromatic heterocycles. The Kier molecular flexibility index (Phi) is 2.25. The van der Waals surface area contributed by atoms with Crippen LogP contribution in [0, 0.1) is 17.5 Å². The number of nitrogens with zero attached hydrogens (tertiary/aromatic N) is 1. The van der Waals surface area contributed by atoms with E-state index in [-0.39, 0.29) is 11.5 Å². The van der Waals surface area contributed by atoms with Gasteiger partial charge in [0.1, 0.15) is 0 Å². The molecule has 86 valence electrons. The summed E-state index contributed by atoms with van der Waals surface area (Å²) in [5.74, 6) is -6.14. The number of hydrogen-bond acceptors (Lipinski definition) is 5. The third-order valence-corrected chi connectivity index (χ3v) is 2.12. The Bertz CT molecular complexity index is 475. The van der Waals surface area contributed by atoms with Gasteiger partial charge in [-0.15, -0.1) is 0 Å². The highest BCUT2D eigenvalue weighted by Crippen LogP contribution is 2.24. The van der Waals surface area contributed by atoms with E-state index in [0.29, 0.717) is 0 Å². The van der Waals surface area contributed by atoms with Crippen molar-refractivity contribution < 1.29 is 13.2 Å². The van der Waals surface area contributed by atoms with Crippen LogP contribution in [0.5, 0.6) is 0 Å². The van der Waals surface area contributed by atoms with Gasteiger partial charge in [-0.2, -0.15) is 5.43 Å². The molecule has 16 heavy (non-hydrogen) atoms. The summed E-state index contributed by atoms with van der Waals surface area (Å²) in [5.41, 5.74) is 15.2. The summed E-state index contributed by atoms with van der Waals surface area (Å²) in [4.78, 5) is 3.64. The molecule has 0 aliphatic carbocycles. The van der Waals surface area contributed by atoms with Crippen molar-refractivity contribution in [3.05, 3.63) is 35.1 Å². The maximum Gasteiger partial charge on any atom is 0.212 e. The van der Waals surface area contributed by atoms with Crippen molar-refractivity contribution in [1.29, 1.82) is 0 Å². The lowest BCUT2D eigenvalue weighted by atomic mass is 10.1. The van der Waals surface area contributed by atoms with Gasteiger partial charge < -0.3 is 5.73 Å². The lowest BCUT2D eigenvalue weighted by Gasteiger charge is -2.21. The van der Waals surface area contributed by atoms with E-state index >= 15 is 0 Å². The Morgan fingerprint density at radius 3 is 2.44 bits per heavy atom. The second kappa shape index (κ2) is 3.35. The number of hydrazine groups is 1. The van der Waals surface area contributed by atoms with Gasteiger partial charge in [-0.1, -0.05) is 0 Å². The Balaban J connectivity index is 2.54. The molecule has 0 saturated heterocycles. The summed E-state index contributed by atoms with van der Waals surface area (Å²) < 4.78 is 39.1. The van der Waals surface area contributed by atoms with Crippen molar-refractivity contribution in [3.8, 4) is 0 Å². The van der Waals surface area contributed by atoms with Gasteiger partial charge in [-0.25, -0.2) is 18.2 Å². The lowest BCUT2D eigenvalue weighted by Crippen LogP contribution is -2.51. The molecule has 0 amide bonds. The minimum Gasteiger partial charge on any atom is -0.369 e. The van der Waals surface area contributed by atoms with Crippen molar-refractivity contribution in [3.63, 3.8) is 0 Å². The minimum absolute atomic E-state index is 0.0772.